The minimum absolute atomic E-state index is 1.01. The number of allylic oxidation sites excluding steroid dienone is 4. The van der Waals surface area contributed by atoms with Crippen molar-refractivity contribution in [1.29, 1.82) is 0 Å². The molecule has 0 bridgehead atoms. The highest BCUT2D eigenvalue weighted by Crippen LogP contribution is 2.41. The van der Waals surface area contributed by atoms with Gasteiger partial charge in [-0.05, 0) is 102 Å². The summed E-state index contributed by atoms with van der Waals surface area (Å²) in [5, 5.41) is 12.7. The SMILES string of the molecule is C1=CC2=C(CC1)CCc1c2ccc2cccc(Cc3ccc(CN4CCCC4)cc3)c12.c1ccc2cnncc2c1. The molecule has 2 aliphatic carbocycles. The highest BCUT2D eigenvalue weighted by molar-refractivity contribution is 5.96. The molecule has 8 rings (SSSR count). The molecule has 1 aromatic heterocycles. The molecule has 1 fully saturated rings. The van der Waals surface area contributed by atoms with Crippen LogP contribution in [0.5, 0.6) is 0 Å². The molecule has 0 N–H and O–H groups in total. The second-order valence-electron chi connectivity index (χ2n) is 11.7. The van der Waals surface area contributed by atoms with Crippen LogP contribution < -0.4 is 0 Å². The van der Waals surface area contributed by atoms with E-state index >= 15 is 0 Å². The van der Waals surface area contributed by atoms with E-state index in [0.29, 0.717) is 0 Å². The molecule has 0 unspecified atom stereocenters. The smallest absolute Gasteiger partial charge is 0.0574 e. The van der Waals surface area contributed by atoms with Crippen molar-refractivity contribution >= 4 is 27.1 Å². The van der Waals surface area contributed by atoms with Crippen LogP contribution in [0, 0.1) is 0 Å². The molecule has 0 atom stereocenters. The van der Waals surface area contributed by atoms with Crippen molar-refractivity contribution in [1.82, 2.24) is 15.1 Å². The van der Waals surface area contributed by atoms with Gasteiger partial charge in [0.25, 0.3) is 0 Å². The van der Waals surface area contributed by atoms with Crippen molar-refractivity contribution < 1.29 is 0 Å². The fraction of sp³-hybridized carbons (Fsp3) is 0.263. The topological polar surface area (TPSA) is 29.0 Å². The van der Waals surface area contributed by atoms with Crippen LogP contribution in [-0.4, -0.2) is 28.2 Å². The number of fused-ring (bicyclic) bond motifs is 5. The second kappa shape index (κ2) is 11.8. The fourth-order valence-corrected chi connectivity index (χ4v) is 6.84. The number of rotatable bonds is 4. The normalized spacial score (nSPS) is 16.4. The summed E-state index contributed by atoms with van der Waals surface area (Å²) < 4.78 is 0. The first-order chi connectivity index (χ1) is 20.3. The van der Waals surface area contributed by atoms with E-state index in [2.05, 4.69) is 81.8 Å². The number of benzene rings is 4. The number of hydrogen-bond acceptors (Lipinski definition) is 3. The number of hydrogen-bond donors (Lipinski definition) is 0. The average Bonchev–Trinajstić information content (AvgIpc) is 3.55. The maximum atomic E-state index is 3.76. The number of aryl methyl sites for hydroxylation is 1. The Labute approximate surface area is 243 Å². The van der Waals surface area contributed by atoms with Gasteiger partial charge in [0.05, 0.1) is 12.4 Å². The van der Waals surface area contributed by atoms with Crippen molar-refractivity contribution in [3.63, 3.8) is 0 Å². The molecule has 204 valence electrons. The number of likely N-dealkylation sites (tertiary alicyclic amines) is 1. The van der Waals surface area contributed by atoms with E-state index in [1.54, 1.807) is 23.5 Å². The van der Waals surface area contributed by atoms with E-state index < -0.39 is 0 Å². The first-order valence-electron chi connectivity index (χ1n) is 15.2. The predicted molar refractivity (Wildman–Crippen MR) is 171 cm³/mol. The second-order valence-corrected chi connectivity index (χ2v) is 11.7. The molecule has 1 saturated heterocycles. The summed E-state index contributed by atoms with van der Waals surface area (Å²) in [6.45, 7) is 3.62. The van der Waals surface area contributed by atoms with Crippen LogP contribution in [0.4, 0.5) is 0 Å². The van der Waals surface area contributed by atoms with Crippen LogP contribution in [0.15, 0.2) is 109 Å². The molecule has 4 aromatic carbocycles. The summed E-state index contributed by atoms with van der Waals surface area (Å²) in [6, 6.07) is 29.0. The van der Waals surface area contributed by atoms with Crippen molar-refractivity contribution in [3.05, 3.63) is 137 Å². The Morgan fingerprint density at radius 1 is 0.659 bits per heavy atom. The summed E-state index contributed by atoms with van der Waals surface area (Å²) in [7, 11) is 0. The molecule has 3 nitrogen and oxygen atoms in total. The van der Waals surface area contributed by atoms with Crippen LogP contribution in [0.1, 0.15) is 59.9 Å². The third-order valence-corrected chi connectivity index (χ3v) is 8.96. The van der Waals surface area contributed by atoms with Gasteiger partial charge in [0.1, 0.15) is 0 Å². The predicted octanol–water partition coefficient (Wildman–Crippen LogP) is 8.71. The third kappa shape index (κ3) is 5.60. The van der Waals surface area contributed by atoms with Gasteiger partial charge in [-0.2, -0.15) is 10.2 Å². The molecule has 41 heavy (non-hydrogen) atoms. The maximum absolute atomic E-state index is 3.76. The quantitative estimate of drug-likeness (QED) is 0.230. The molecule has 0 radical (unpaired) electrons. The largest absolute Gasteiger partial charge is 0.299 e. The first-order valence-corrected chi connectivity index (χ1v) is 15.2. The van der Waals surface area contributed by atoms with Crippen molar-refractivity contribution in [2.45, 2.75) is 51.5 Å². The van der Waals surface area contributed by atoms with Gasteiger partial charge in [-0.15, -0.1) is 0 Å². The third-order valence-electron chi connectivity index (χ3n) is 8.96. The number of aromatic nitrogens is 2. The summed E-state index contributed by atoms with van der Waals surface area (Å²) in [5.41, 5.74) is 10.6. The molecule has 0 spiro atoms. The lowest BCUT2D eigenvalue weighted by molar-refractivity contribution is 0.331. The monoisotopic (exact) mass is 535 g/mol. The Kier molecular flexibility index (Phi) is 7.44. The van der Waals surface area contributed by atoms with Crippen LogP contribution in [0.3, 0.4) is 0 Å². The van der Waals surface area contributed by atoms with Gasteiger partial charge >= 0.3 is 0 Å². The molecule has 0 saturated carbocycles. The first kappa shape index (κ1) is 25.9. The zero-order valence-electron chi connectivity index (χ0n) is 23.7. The lowest BCUT2D eigenvalue weighted by Gasteiger charge is -2.26. The minimum Gasteiger partial charge on any atom is -0.299 e. The average molecular weight is 536 g/mol. The van der Waals surface area contributed by atoms with Gasteiger partial charge in [-0.25, -0.2) is 0 Å². The molecular weight excluding hydrogens is 498 g/mol. The Balaban J connectivity index is 0.000000232. The lowest BCUT2D eigenvalue weighted by Crippen LogP contribution is -2.18. The van der Waals surface area contributed by atoms with Crippen LogP contribution >= 0.6 is 0 Å². The van der Waals surface area contributed by atoms with Gasteiger partial charge in [0, 0.05) is 17.3 Å². The Hall–Kier alpha value is -4.08. The van der Waals surface area contributed by atoms with E-state index in [1.807, 2.05) is 24.3 Å². The zero-order valence-corrected chi connectivity index (χ0v) is 23.7. The van der Waals surface area contributed by atoms with Gasteiger partial charge in [-0.3, -0.25) is 4.90 Å². The Morgan fingerprint density at radius 2 is 1.39 bits per heavy atom. The van der Waals surface area contributed by atoms with Crippen molar-refractivity contribution in [3.8, 4) is 0 Å². The van der Waals surface area contributed by atoms with E-state index in [4.69, 9.17) is 0 Å². The van der Waals surface area contributed by atoms with Gasteiger partial charge in [0.15, 0.2) is 0 Å². The van der Waals surface area contributed by atoms with Crippen LogP contribution in [0.25, 0.3) is 27.1 Å². The Morgan fingerprint density at radius 3 is 2.17 bits per heavy atom. The summed E-state index contributed by atoms with van der Waals surface area (Å²) in [6.07, 6.45) is 16.9. The molecule has 0 amide bonds. The summed E-state index contributed by atoms with van der Waals surface area (Å²) in [4.78, 5) is 2.58. The number of nitrogens with zero attached hydrogens (tertiary/aromatic N) is 3. The van der Waals surface area contributed by atoms with E-state index in [9.17, 15) is 0 Å². The van der Waals surface area contributed by atoms with Gasteiger partial charge in [-0.1, -0.05) is 96.6 Å². The standard InChI is InChI=1S/C30H31N.C8H6N2/c1-2-9-27-24(6-1)14-17-29-28(27)16-15-25-7-5-8-26(30(25)29)20-22-10-12-23(13-11-22)21-31-18-3-4-19-31;1-2-4-8-6-10-9-5-7(8)3-1/h2,5,7-13,15-16H,1,3-4,6,14,17-21H2;1-6H. The molecule has 3 heteroatoms. The lowest BCUT2D eigenvalue weighted by atomic mass is 9.78. The molecule has 5 aromatic rings. The van der Waals surface area contributed by atoms with E-state index in [1.165, 1.54) is 90.2 Å². The van der Waals surface area contributed by atoms with E-state index in [-0.39, 0.29) is 0 Å². The van der Waals surface area contributed by atoms with Crippen molar-refractivity contribution in [2.75, 3.05) is 13.1 Å². The zero-order chi connectivity index (χ0) is 27.4. The molecular formula is C38H37N3. The summed E-state index contributed by atoms with van der Waals surface area (Å²) in [5.74, 6) is 0. The Bertz CT molecular complexity index is 1670. The molecule has 2 heterocycles. The summed E-state index contributed by atoms with van der Waals surface area (Å²) >= 11 is 0. The van der Waals surface area contributed by atoms with Gasteiger partial charge < -0.3 is 0 Å². The highest BCUT2D eigenvalue weighted by Gasteiger charge is 2.21. The highest BCUT2D eigenvalue weighted by atomic mass is 15.1. The van der Waals surface area contributed by atoms with Crippen molar-refractivity contribution in [2.24, 2.45) is 0 Å². The molecule has 1 aliphatic heterocycles. The van der Waals surface area contributed by atoms with Crippen LogP contribution in [-0.2, 0) is 19.4 Å². The van der Waals surface area contributed by atoms with Gasteiger partial charge in [0.2, 0.25) is 0 Å². The fourth-order valence-electron chi connectivity index (χ4n) is 6.84. The maximum Gasteiger partial charge on any atom is 0.0574 e. The van der Waals surface area contributed by atoms with E-state index in [0.717, 1.165) is 23.7 Å². The van der Waals surface area contributed by atoms with Crippen LogP contribution in [0.2, 0.25) is 0 Å². The molecule has 3 aliphatic rings. The minimum atomic E-state index is 1.01.